The van der Waals surface area contributed by atoms with Gasteiger partial charge in [-0.1, -0.05) is 84.4 Å². The van der Waals surface area contributed by atoms with Crippen LogP contribution in [0.15, 0.2) is 158 Å². The molecule has 9 heteroatoms. The molecule has 1 atom stereocenters. The minimum Gasteiger partial charge on any atom is -0.674 e. The van der Waals surface area contributed by atoms with Gasteiger partial charge in [0.15, 0.2) is 0 Å². The van der Waals surface area contributed by atoms with Gasteiger partial charge in [0, 0.05) is 47.7 Å². The molecule has 0 amide bonds. The van der Waals surface area contributed by atoms with Crippen molar-refractivity contribution in [1.29, 1.82) is 0 Å². The Kier molecular flexibility index (Phi) is 7.72. The number of pyridine rings is 2. The van der Waals surface area contributed by atoms with Crippen LogP contribution in [0.5, 0.6) is 0 Å². The van der Waals surface area contributed by atoms with Crippen LogP contribution in [0.4, 0.5) is 0 Å². The van der Waals surface area contributed by atoms with Crippen LogP contribution in [0, 0.1) is 0 Å². The van der Waals surface area contributed by atoms with E-state index in [-0.39, 0.29) is 6.04 Å². The highest BCUT2D eigenvalue weighted by Crippen LogP contribution is 2.42. The quantitative estimate of drug-likeness (QED) is 0.160. The Morgan fingerprint density at radius 3 is 1.76 bits per heavy atom. The predicted octanol–water partition coefficient (Wildman–Crippen LogP) is 10.3. The first kappa shape index (κ1) is 31.4. The summed E-state index contributed by atoms with van der Waals surface area (Å²) in [7, 11) is 0. The summed E-state index contributed by atoms with van der Waals surface area (Å²) in [4.78, 5) is 31.2. The number of allylic oxidation sites excluding steroid dienone is 3. The van der Waals surface area contributed by atoms with Crippen molar-refractivity contribution >= 4 is 49.8 Å². The lowest BCUT2D eigenvalue weighted by molar-refractivity contribution is 1.03. The molecular formula is C45H29N9-2. The molecule has 4 aromatic carbocycles. The van der Waals surface area contributed by atoms with Gasteiger partial charge in [-0.05, 0) is 86.5 Å². The lowest BCUT2D eigenvalue weighted by Crippen LogP contribution is -2.00. The van der Waals surface area contributed by atoms with Crippen LogP contribution >= 0.6 is 0 Å². The molecule has 6 heterocycles. The summed E-state index contributed by atoms with van der Waals surface area (Å²) in [5.74, 6) is 0. The monoisotopic (exact) mass is 695 g/mol. The van der Waals surface area contributed by atoms with Crippen LogP contribution in [0.3, 0.4) is 0 Å². The maximum Gasteiger partial charge on any atom is 0.115 e. The number of rotatable bonds is 6. The van der Waals surface area contributed by atoms with E-state index in [1.54, 1.807) is 24.8 Å². The average Bonchev–Trinajstić information content (AvgIpc) is 3.27. The van der Waals surface area contributed by atoms with Gasteiger partial charge < -0.3 is 15.6 Å². The van der Waals surface area contributed by atoms with Crippen LogP contribution in [-0.4, -0.2) is 42.8 Å². The second-order valence-electron chi connectivity index (χ2n) is 13.1. The van der Waals surface area contributed by atoms with Gasteiger partial charge in [0.1, 0.15) is 12.7 Å². The molecule has 256 valence electrons. The molecule has 0 aliphatic carbocycles. The van der Waals surface area contributed by atoms with E-state index in [0.717, 1.165) is 94.2 Å². The normalized spacial score (nSPS) is 15.1. The molecular weight excluding hydrogens is 667 g/mol. The lowest BCUT2D eigenvalue weighted by Gasteiger charge is -2.36. The Bertz CT molecular complexity index is 2860. The van der Waals surface area contributed by atoms with Gasteiger partial charge in [-0.15, -0.1) is 5.70 Å². The van der Waals surface area contributed by atoms with Gasteiger partial charge >= 0.3 is 0 Å². The number of hydrogen-bond acceptors (Lipinski definition) is 7. The van der Waals surface area contributed by atoms with Gasteiger partial charge in [-0.25, -0.2) is 29.9 Å². The Hall–Kier alpha value is -7.39. The zero-order valence-corrected chi connectivity index (χ0v) is 28.8. The maximum absolute atomic E-state index is 5.11. The Balaban J connectivity index is 1.14. The van der Waals surface area contributed by atoms with E-state index in [2.05, 4.69) is 103 Å². The molecule has 54 heavy (non-hydrogen) atoms. The van der Waals surface area contributed by atoms with Crippen molar-refractivity contribution in [3.63, 3.8) is 0 Å². The van der Waals surface area contributed by atoms with Crippen molar-refractivity contribution in [2.24, 2.45) is 4.99 Å². The van der Waals surface area contributed by atoms with E-state index in [1.165, 1.54) is 12.7 Å². The van der Waals surface area contributed by atoms with Crippen molar-refractivity contribution in [1.82, 2.24) is 29.9 Å². The highest BCUT2D eigenvalue weighted by atomic mass is 15.0. The van der Waals surface area contributed by atoms with Crippen molar-refractivity contribution in [2.45, 2.75) is 6.04 Å². The number of hydrogen-bond donors (Lipinski definition) is 0. The number of nitrogens with zero attached hydrogens (tertiary/aromatic N) is 9. The molecule has 9 nitrogen and oxygen atoms in total. The summed E-state index contributed by atoms with van der Waals surface area (Å²) in [5, 5.41) is 16.3. The Morgan fingerprint density at radius 1 is 0.537 bits per heavy atom. The fourth-order valence-corrected chi connectivity index (χ4v) is 7.24. The Labute approximate surface area is 310 Å². The van der Waals surface area contributed by atoms with Crippen molar-refractivity contribution < 1.29 is 0 Å². The van der Waals surface area contributed by atoms with Gasteiger partial charge in [-0.2, -0.15) is 6.20 Å². The van der Waals surface area contributed by atoms with Crippen LogP contribution < -0.4 is 0 Å². The summed E-state index contributed by atoms with van der Waals surface area (Å²) >= 11 is 0. The van der Waals surface area contributed by atoms with Gasteiger partial charge in [0.05, 0.1) is 22.8 Å². The summed E-state index contributed by atoms with van der Waals surface area (Å²) in [6, 6.07) is 32.0. The molecule has 0 saturated carbocycles. The van der Waals surface area contributed by atoms with E-state index in [1.807, 2.05) is 48.8 Å². The third-order valence-electron chi connectivity index (χ3n) is 9.84. The van der Waals surface area contributed by atoms with Crippen molar-refractivity contribution in [3.8, 4) is 33.8 Å². The fourth-order valence-electron chi connectivity index (χ4n) is 7.24. The van der Waals surface area contributed by atoms with Crippen molar-refractivity contribution in [3.05, 3.63) is 180 Å². The van der Waals surface area contributed by atoms with E-state index in [0.29, 0.717) is 6.67 Å². The highest BCUT2D eigenvalue weighted by molar-refractivity contribution is 6.26. The maximum atomic E-state index is 5.11. The smallest absolute Gasteiger partial charge is 0.115 e. The standard InChI is InChI=1S/C45H29N9/c1-4-40(52-43(7-1)31-19-46-25-47-20-31)28-10-13-34-37(16-28)35-14-11-29(41-5-2-8-44(53-41)32-21-48-26-49-22-32)18-39(35)36-15-12-30(17-38(34)36)42-6-3-9-45(54-42)33-23-50-27-51-24-33/h1-26,41H,27H2/q-2. The van der Waals surface area contributed by atoms with E-state index >= 15 is 0 Å². The first-order chi connectivity index (χ1) is 26.7. The van der Waals surface area contributed by atoms with Gasteiger partial charge in [0.25, 0.3) is 0 Å². The molecule has 2 aliphatic heterocycles. The number of benzene rings is 4. The molecule has 2 aliphatic rings. The van der Waals surface area contributed by atoms with E-state index in [9.17, 15) is 0 Å². The first-order valence-electron chi connectivity index (χ1n) is 17.6. The molecule has 0 bridgehead atoms. The summed E-state index contributed by atoms with van der Waals surface area (Å²) < 4.78 is 0. The van der Waals surface area contributed by atoms with E-state index in [4.69, 9.17) is 15.3 Å². The Morgan fingerprint density at radius 2 is 1.11 bits per heavy atom. The zero-order chi connectivity index (χ0) is 35.8. The lowest BCUT2D eigenvalue weighted by atomic mass is 9.89. The zero-order valence-electron chi connectivity index (χ0n) is 28.8. The minimum atomic E-state index is -0.156. The molecule has 0 spiro atoms. The third kappa shape index (κ3) is 5.74. The fraction of sp³-hybridized carbons (Fsp3) is 0.0444. The molecule has 10 rings (SSSR count). The largest absolute Gasteiger partial charge is 0.674 e. The number of aromatic nitrogens is 6. The molecule has 4 aromatic heterocycles. The predicted molar refractivity (Wildman–Crippen MR) is 216 cm³/mol. The topological polar surface area (TPSA) is 118 Å². The molecule has 1 unspecified atom stereocenters. The summed E-state index contributed by atoms with van der Waals surface area (Å²) in [6.07, 6.45) is 20.1. The molecule has 0 saturated heterocycles. The van der Waals surface area contributed by atoms with Crippen LogP contribution in [-0.2, 0) is 0 Å². The number of aliphatic imine (C=N–C) groups is 1. The average molecular weight is 696 g/mol. The molecule has 8 aromatic rings. The highest BCUT2D eigenvalue weighted by Gasteiger charge is 2.15. The summed E-state index contributed by atoms with van der Waals surface area (Å²) in [6.45, 7) is 0.451. The summed E-state index contributed by atoms with van der Waals surface area (Å²) in [5.41, 5.74) is 10.1. The SMILES string of the molecule is C1=CC(c2ccc3c4cc(-c5cccc(-c6cncnc6)n5)ccc4c4cc(-c5cccc(C6=C[N-]CN=C6)n5)ccc4c3c2)[N-]C(c2cncnc2)=C1. The van der Waals surface area contributed by atoms with Crippen LogP contribution in [0.1, 0.15) is 22.9 Å². The van der Waals surface area contributed by atoms with E-state index < -0.39 is 0 Å². The molecule has 0 radical (unpaired) electrons. The van der Waals surface area contributed by atoms with Crippen molar-refractivity contribution in [2.75, 3.05) is 6.67 Å². The molecule has 0 fully saturated rings. The van der Waals surface area contributed by atoms with Gasteiger partial charge in [-0.3, -0.25) is 0 Å². The minimum absolute atomic E-state index is 0.156. The second-order valence-corrected chi connectivity index (χ2v) is 13.1. The third-order valence-corrected chi connectivity index (χ3v) is 9.84. The molecule has 0 N–H and O–H groups in total. The number of fused-ring (bicyclic) bond motifs is 6. The first-order valence-corrected chi connectivity index (χ1v) is 17.6. The van der Waals surface area contributed by atoms with Gasteiger partial charge in [0.2, 0.25) is 0 Å². The van der Waals surface area contributed by atoms with Crippen LogP contribution in [0.25, 0.3) is 88.0 Å². The second kappa shape index (κ2) is 13.3. The van der Waals surface area contributed by atoms with Crippen LogP contribution in [0.2, 0.25) is 0 Å².